The quantitative estimate of drug-likeness (QED) is 0.471. The maximum atomic E-state index is 12.9. The number of benzene rings is 3. The Morgan fingerprint density at radius 2 is 1.77 bits per heavy atom. The SMILES string of the molecule is N#C/C(=C\c1ccc(OCc2ccc(F)cc2)cc1)C(=O)Nc1cccc(C(=O)[O-])c1. The maximum absolute atomic E-state index is 12.9. The van der Waals surface area contributed by atoms with Crippen LogP contribution in [0.2, 0.25) is 0 Å². The summed E-state index contributed by atoms with van der Waals surface area (Å²) < 4.78 is 18.6. The van der Waals surface area contributed by atoms with Crippen LogP contribution in [-0.2, 0) is 11.4 Å². The number of aromatic carboxylic acids is 1. The second kappa shape index (κ2) is 9.85. The van der Waals surface area contributed by atoms with Gasteiger partial charge < -0.3 is 20.0 Å². The first-order valence-electron chi connectivity index (χ1n) is 9.16. The molecule has 1 amide bonds. The Labute approximate surface area is 177 Å². The van der Waals surface area contributed by atoms with Crippen molar-refractivity contribution in [2.75, 3.05) is 5.32 Å². The highest BCUT2D eigenvalue weighted by Gasteiger charge is 2.10. The first-order chi connectivity index (χ1) is 14.9. The predicted molar refractivity (Wildman–Crippen MR) is 110 cm³/mol. The molecule has 0 atom stereocenters. The van der Waals surface area contributed by atoms with E-state index in [0.29, 0.717) is 11.3 Å². The lowest BCUT2D eigenvalue weighted by molar-refractivity contribution is -0.255. The zero-order valence-electron chi connectivity index (χ0n) is 16.2. The highest BCUT2D eigenvalue weighted by Crippen LogP contribution is 2.17. The van der Waals surface area contributed by atoms with Gasteiger partial charge in [0.1, 0.15) is 29.8 Å². The highest BCUT2D eigenvalue weighted by molar-refractivity contribution is 6.10. The van der Waals surface area contributed by atoms with Gasteiger partial charge in [-0.15, -0.1) is 0 Å². The Hall–Kier alpha value is -4.44. The normalized spacial score (nSPS) is 10.8. The van der Waals surface area contributed by atoms with Gasteiger partial charge in [0, 0.05) is 5.69 Å². The minimum absolute atomic E-state index is 0.0866. The van der Waals surface area contributed by atoms with E-state index in [9.17, 15) is 24.3 Å². The molecule has 6 nitrogen and oxygen atoms in total. The van der Waals surface area contributed by atoms with Crippen LogP contribution >= 0.6 is 0 Å². The van der Waals surface area contributed by atoms with Crippen LogP contribution in [0.3, 0.4) is 0 Å². The van der Waals surface area contributed by atoms with E-state index in [4.69, 9.17) is 4.74 Å². The molecule has 0 aliphatic heterocycles. The van der Waals surface area contributed by atoms with Gasteiger partial charge in [0.05, 0.1) is 5.97 Å². The zero-order valence-corrected chi connectivity index (χ0v) is 16.2. The van der Waals surface area contributed by atoms with E-state index in [0.717, 1.165) is 5.56 Å². The van der Waals surface area contributed by atoms with Crippen molar-refractivity contribution in [1.82, 2.24) is 0 Å². The molecule has 0 aliphatic carbocycles. The fraction of sp³-hybridized carbons (Fsp3) is 0.0417. The lowest BCUT2D eigenvalue weighted by Crippen LogP contribution is -2.22. The molecule has 31 heavy (non-hydrogen) atoms. The molecule has 154 valence electrons. The Morgan fingerprint density at radius 1 is 1.06 bits per heavy atom. The fourth-order valence-corrected chi connectivity index (χ4v) is 2.65. The number of hydrogen-bond donors (Lipinski definition) is 1. The number of carbonyl (C=O) groups excluding carboxylic acids is 2. The van der Waals surface area contributed by atoms with E-state index < -0.39 is 11.9 Å². The average molecular weight is 415 g/mol. The van der Waals surface area contributed by atoms with Gasteiger partial charge in [0.15, 0.2) is 0 Å². The monoisotopic (exact) mass is 415 g/mol. The van der Waals surface area contributed by atoms with Gasteiger partial charge in [0.2, 0.25) is 0 Å². The Kier molecular flexibility index (Phi) is 6.76. The molecule has 0 aliphatic rings. The zero-order chi connectivity index (χ0) is 22.2. The first-order valence-corrected chi connectivity index (χ1v) is 9.16. The largest absolute Gasteiger partial charge is 0.545 e. The number of nitriles is 1. The number of halogens is 1. The molecule has 0 spiro atoms. The summed E-state index contributed by atoms with van der Waals surface area (Å²) >= 11 is 0. The fourth-order valence-electron chi connectivity index (χ4n) is 2.65. The lowest BCUT2D eigenvalue weighted by atomic mass is 10.1. The van der Waals surface area contributed by atoms with E-state index in [1.54, 1.807) is 36.4 Å². The number of carboxylic acids is 1. The third-order valence-corrected chi connectivity index (χ3v) is 4.23. The highest BCUT2D eigenvalue weighted by atomic mass is 19.1. The molecule has 0 heterocycles. The van der Waals surface area contributed by atoms with Crippen LogP contribution in [0.4, 0.5) is 10.1 Å². The molecule has 3 aromatic carbocycles. The minimum atomic E-state index is -1.37. The molecule has 0 bridgehead atoms. The van der Waals surface area contributed by atoms with Crippen molar-refractivity contribution < 1.29 is 23.8 Å². The number of carboxylic acid groups (broad SMARTS) is 1. The second-order valence-corrected chi connectivity index (χ2v) is 6.48. The van der Waals surface area contributed by atoms with Crippen LogP contribution in [0.5, 0.6) is 5.75 Å². The summed E-state index contributed by atoms with van der Waals surface area (Å²) in [4.78, 5) is 23.3. The summed E-state index contributed by atoms with van der Waals surface area (Å²) in [5.74, 6) is -1.78. The van der Waals surface area contributed by atoms with Gasteiger partial charge in [-0.05, 0) is 59.2 Å². The molecule has 7 heteroatoms. The standard InChI is InChI=1S/C24H17FN2O4/c25-20-8-4-17(5-9-20)15-31-22-10-6-16(7-11-22)12-19(14-26)23(28)27-21-3-1-2-18(13-21)24(29)30/h1-13H,15H2,(H,27,28)(H,29,30)/p-1/b19-12+. The number of nitrogens with zero attached hydrogens (tertiary/aromatic N) is 1. The van der Waals surface area contributed by atoms with Crippen LogP contribution in [-0.4, -0.2) is 11.9 Å². The predicted octanol–water partition coefficient (Wildman–Crippen LogP) is 3.31. The lowest BCUT2D eigenvalue weighted by Gasteiger charge is -2.08. The van der Waals surface area contributed by atoms with Crippen molar-refractivity contribution in [2.24, 2.45) is 0 Å². The van der Waals surface area contributed by atoms with Gasteiger partial charge in [-0.1, -0.05) is 36.4 Å². The molecule has 0 saturated carbocycles. The van der Waals surface area contributed by atoms with Gasteiger partial charge in [0.25, 0.3) is 5.91 Å². The van der Waals surface area contributed by atoms with Gasteiger partial charge in [-0.25, -0.2) is 4.39 Å². The van der Waals surface area contributed by atoms with Crippen molar-refractivity contribution in [3.8, 4) is 11.8 Å². The summed E-state index contributed by atoms with van der Waals surface area (Å²) in [6, 6.07) is 20.1. The first kappa shape index (κ1) is 21.3. The van der Waals surface area contributed by atoms with E-state index in [2.05, 4.69) is 5.32 Å². The Bertz CT molecular complexity index is 1160. The van der Waals surface area contributed by atoms with E-state index >= 15 is 0 Å². The smallest absolute Gasteiger partial charge is 0.266 e. The molecule has 0 unspecified atom stereocenters. The summed E-state index contributed by atoms with van der Waals surface area (Å²) in [6.45, 7) is 0.270. The summed E-state index contributed by atoms with van der Waals surface area (Å²) in [5, 5.41) is 22.7. The second-order valence-electron chi connectivity index (χ2n) is 6.48. The topological polar surface area (TPSA) is 102 Å². The van der Waals surface area contributed by atoms with Crippen molar-refractivity contribution in [2.45, 2.75) is 6.61 Å². The van der Waals surface area contributed by atoms with Crippen molar-refractivity contribution in [3.05, 3.63) is 101 Å². The number of anilines is 1. The molecule has 3 rings (SSSR count). The van der Waals surface area contributed by atoms with Crippen molar-refractivity contribution >= 4 is 23.6 Å². The number of nitrogens with one attached hydrogen (secondary N) is 1. The number of ether oxygens (including phenoxy) is 1. The van der Waals surface area contributed by atoms with Crippen molar-refractivity contribution in [3.63, 3.8) is 0 Å². The molecule has 1 N–H and O–H groups in total. The van der Waals surface area contributed by atoms with Crippen LogP contribution < -0.4 is 15.2 Å². The molecule has 0 aromatic heterocycles. The van der Waals surface area contributed by atoms with Gasteiger partial charge in [-0.2, -0.15) is 5.26 Å². The van der Waals surface area contributed by atoms with E-state index in [-0.39, 0.29) is 29.2 Å². The van der Waals surface area contributed by atoms with E-state index in [1.165, 1.54) is 42.5 Å². The number of carbonyl (C=O) groups is 2. The maximum Gasteiger partial charge on any atom is 0.266 e. The molecule has 3 aromatic rings. The third-order valence-electron chi connectivity index (χ3n) is 4.23. The number of hydrogen-bond acceptors (Lipinski definition) is 5. The summed E-state index contributed by atoms with van der Waals surface area (Å²) in [5.41, 5.74) is 1.41. The van der Waals surface area contributed by atoms with Crippen LogP contribution in [0.1, 0.15) is 21.5 Å². The summed E-state index contributed by atoms with van der Waals surface area (Å²) in [6.07, 6.45) is 1.40. The van der Waals surface area contributed by atoms with E-state index in [1.807, 2.05) is 6.07 Å². The van der Waals surface area contributed by atoms with Crippen LogP contribution in [0.25, 0.3) is 6.08 Å². The number of amides is 1. The molecular formula is C24H16FN2O4-. The van der Waals surface area contributed by atoms with Crippen LogP contribution in [0.15, 0.2) is 78.4 Å². The van der Waals surface area contributed by atoms with Gasteiger partial charge in [-0.3, -0.25) is 4.79 Å². The summed E-state index contributed by atoms with van der Waals surface area (Å²) in [7, 11) is 0. The molecule has 0 saturated heterocycles. The van der Waals surface area contributed by atoms with Gasteiger partial charge >= 0.3 is 0 Å². The Morgan fingerprint density at radius 3 is 2.42 bits per heavy atom. The molecule has 0 radical (unpaired) electrons. The van der Waals surface area contributed by atoms with Crippen molar-refractivity contribution in [1.29, 1.82) is 5.26 Å². The van der Waals surface area contributed by atoms with Crippen LogP contribution in [0, 0.1) is 17.1 Å². The minimum Gasteiger partial charge on any atom is -0.545 e. The molecule has 0 fully saturated rings. The Balaban J connectivity index is 1.65. The number of rotatable bonds is 7. The molecular weight excluding hydrogens is 399 g/mol. The average Bonchev–Trinajstić information content (AvgIpc) is 2.78. The third kappa shape index (κ3) is 6.02.